The van der Waals surface area contributed by atoms with Crippen molar-refractivity contribution >= 4 is 23.6 Å². The number of hydrogen-bond donors (Lipinski definition) is 2. The van der Waals surface area contributed by atoms with E-state index in [0.29, 0.717) is 17.2 Å². The number of hydrogen-bond acceptors (Lipinski definition) is 6. The average molecular weight is 396 g/mol. The van der Waals surface area contributed by atoms with Gasteiger partial charge in [-0.25, -0.2) is 0 Å². The Balaban J connectivity index is 1.36. The number of carbonyl (C=O) groups is 4. The van der Waals surface area contributed by atoms with Crippen molar-refractivity contribution < 1.29 is 19.2 Å². The highest BCUT2D eigenvalue weighted by atomic mass is 16.2. The smallest absolute Gasteiger partial charge is 0.262 e. The van der Waals surface area contributed by atoms with E-state index in [1.807, 2.05) is 6.07 Å². The first-order valence-corrected chi connectivity index (χ1v) is 10.3. The number of carbonyl (C=O) groups excluding carboxylic acids is 4. The predicted molar refractivity (Wildman–Crippen MR) is 103 cm³/mol. The van der Waals surface area contributed by atoms with Crippen LogP contribution in [-0.4, -0.2) is 65.1 Å². The van der Waals surface area contributed by atoms with E-state index in [1.54, 1.807) is 12.1 Å². The third kappa shape index (κ3) is 3.26. The van der Waals surface area contributed by atoms with Crippen molar-refractivity contribution in [3.05, 3.63) is 34.9 Å². The lowest BCUT2D eigenvalue weighted by atomic mass is 10.0. The first-order valence-electron chi connectivity index (χ1n) is 10.3. The zero-order valence-corrected chi connectivity index (χ0v) is 16.1. The van der Waals surface area contributed by atoms with Crippen LogP contribution in [0.4, 0.5) is 0 Å². The molecule has 3 heterocycles. The Kier molecular flexibility index (Phi) is 4.48. The zero-order valence-electron chi connectivity index (χ0n) is 16.1. The Morgan fingerprint density at radius 2 is 1.79 bits per heavy atom. The Hall–Kier alpha value is -2.58. The van der Waals surface area contributed by atoms with E-state index < -0.39 is 23.8 Å². The standard InChI is InChI=1S/C21H24N4O4/c26-18-6-5-16(19(27)23-18)25-20(28)14-4-1-12(9-15(14)21(25)29)11-24-8-7-22-10-17(24)13-2-3-13/h1,4,9,13,16-17,22H,2-3,5-8,10-11H2,(H,23,26,27). The first-order chi connectivity index (χ1) is 14.0. The molecule has 1 aromatic rings. The maximum absolute atomic E-state index is 13.0. The monoisotopic (exact) mass is 396 g/mol. The van der Waals surface area contributed by atoms with Gasteiger partial charge in [0, 0.05) is 38.6 Å². The minimum Gasteiger partial charge on any atom is -0.314 e. The molecule has 4 aliphatic rings. The maximum atomic E-state index is 13.0. The molecule has 2 saturated heterocycles. The van der Waals surface area contributed by atoms with E-state index in [-0.39, 0.29) is 18.7 Å². The molecular weight excluding hydrogens is 372 g/mol. The van der Waals surface area contributed by atoms with Crippen molar-refractivity contribution in [3.63, 3.8) is 0 Å². The third-order valence-electron chi connectivity index (χ3n) is 6.45. The van der Waals surface area contributed by atoms with Crippen LogP contribution in [0.5, 0.6) is 0 Å². The van der Waals surface area contributed by atoms with Crippen molar-refractivity contribution in [2.24, 2.45) is 5.92 Å². The van der Waals surface area contributed by atoms with Gasteiger partial charge in [-0.15, -0.1) is 0 Å². The van der Waals surface area contributed by atoms with Gasteiger partial charge in [-0.2, -0.15) is 0 Å². The second-order valence-corrected chi connectivity index (χ2v) is 8.41. The fourth-order valence-corrected chi connectivity index (χ4v) is 4.76. The van der Waals surface area contributed by atoms with Crippen molar-refractivity contribution in [1.29, 1.82) is 0 Å². The lowest BCUT2D eigenvalue weighted by Crippen LogP contribution is -2.54. The van der Waals surface area contributed by atoms with Crippen LogP contribution in [0.3, 0.4) is 0 Å². The molecule has 1 aliphatic carbocycles. The molecule has 29 heavy (non-hydrogen) atoms. The number of amides is 4. The molecular formula is C21H24N4O4. The lowest BCUT2D eigenvalue weighted by Gasteiger charge is -2.36. The fraction of sp³-hybridized carbons (Fsp3) is 0.524. The number of rotatable bonds is 4. The normalized spacial score (nSPS) is 27.9. The summed E-state index contributed by atoms with van der Waals surface area (Å²) in [5.41, 5.74) is 1.69. The van der Waals surface area contributed by atoms with Gasteiger partial charge in [0.25, 0.3) is 11.8 Å². The van der Waals surface area contributed by atoms with Crippen molar-refractivity contribution in [1.82, 2.24) is 20.4 Å². The van der Waals surface area contributed by atoms with Crippen molar-refractivity contribution in [2.45, 2.75) is 44.3 Å². The lowest BCUT2D eigenvalue weighted by molar-refractivity contribution is -0.136. The van der Waals surface area contributed by atoms with E-state index in [0.717, 1.165) is 42.6 Å². The number of benzene rings is 1. The van der Waals surface area contributed by atoms with E-state index in [4.69, 9.17) is 0 Å². The quantitative estimate of drug-likeness (QED) is 0.709. The first kappa shape index (κ1) is 18.4. The number of fused-ring (bicyclic) bond motifs is 1. The highest BCUT2D eigenvalue weighted by molar-refractivity contribution is 6.23. The van der Waals surface area contributed by atoms with Gasteiger partial charge in [0.15, 0.2) is 0 Å². The van der Waals surface area contributed by atoms with Crippen LogP contribution < -0.4 is 10.6 Å². The Bertz CT molecular complexity index is 910. The van der Waals surface area contributed by atoms with Gasteiger partial charge in [-0.05, 0) is 42.9 Å². The van der Waals surface area contributed by atoms with Gasteiger partial charge < -0.3 is 5.32 Å². The average Bonchev–Trinajstić information content (AvgIpc) is 3.51. The van der Waals surface area contributed by atoms with Gasteiger partial charge in [0.1, 0.15) is 6.04 Å². The molecule has 0 radical (unpaired) electrons. The zero-order chi connectivity index (χ0) is 20.1. The van der Waals surface area contributed by atoms with Gasteiger partial charge in [-0.3, -0.25) is 34.3 Å². The molecule has 1 aromatic carbocycles. The summed E-state index contributed by atoms with van der Waals surface area (Å²) in [7, 11) is 0. The molecule has 2 N–H and O–H groups in total. The maximum Gasteiger partial charge on any atom is 0.262 e. The van der Waals surface area contributed by atoms with Crippen LogP contribution >= 0.6 is 0 Å². The van der Waals surface area contributed by atoms with Gasteiger partial charge in [0.2, 0.25) is 11.8 Å². The van der Waals surface area contributed by atoms with Gasteiger partial charge in [-0.1, -0.05) is 6.07 Å². The molecule has 0 spiro atoms. The fourth-order valence-electron chi connectivity index (χ4n) is 4.76. The molecule has 8 nitrogen and oxygen atoms in total. The molecule has 0 bridgehead atoms. The Labute approximate surface area is 168 Å². The van der Waals surface area contributed by atoms with Crippen molar-refractivity contribution in [3.8, 4) is 0 Å². The number of nitrogens with zero attached hydrogens (tertiary/aromatic N) is 2. The number of piperidine rings is 1. The summed E-state index contributed by atoms with van der Waals surface area (Å²) in [6.45, 7) is 3.66. The van der Waals surface area contributed by atoms with Crippen LogP contribution in [0.2, 0.25) is 0 Å². The second-order valence-electron chi connectivity index (χ2n) is 8.41. The minimum atomic E-state index is -0.920. The predicted octanol–water partition coefficient (Wildman–Crippen LogP) is 0.272. The summed E-state index contributed by atoms with van der Waals surface area (Å²) in [4.78, 5) is 52.8. The van der Waals surface area contributed by atoms with Crippen molar-refractivity contribution in [2.75, 3.05) is 19.6 Å². The molecule has 4 amide bonds. The largest absolute Gasteiger partial charge is 0.314 e. The summed E-state index contributed by atoms with van der Waals surface area (Å²) < 4.78 is 0. The Morgan fingerprint density at radius 1 is 1.00 bits per heavy atom. The number of imide groups is 2. The van der Waals surface area contributed by atoms with E-state index in [2.05, 4.69) is 15.5 Å². The second kappa shape index (κ2) is 7.03. The van der Waals surface area contributed by atoms with Crippen LogP contribution in [0.1, 0.15) is 52.0 Å². The van der Waals surface area contributed by atoms with Gasteiger partial charge in [0.05, 0.1) is 11.1 Å². The molecule has 2 atom stereocenters. The van der Waals surface area contributed by atoms with E-state index in [9.17, 15) is 19.2 Å². The molecule has 0 aromatic heterocycles. The summed E-state index contributed by atoms with van der Waals surface area (Å²) in [6.07, 6.45) is 2.86. The summed E-state index contributed by atoms with van der Waals surface area (Å²) in [5.74, 6) is -1.09. The van der Waals surface area contributed by atoms with Crippen LogP contribution in [0.25, 0.3) is 0 Å². The molecule has 152 valence electrons. The van der Waals surface area contributed by atoms with E-state index >= 15 is 0 Å². The van der Waals surface area contributed by atoms with Gasteiger partial charge >= 0.3 is 0 Å². The third-order valence-corrected chi connectivity index (χ3v) is 6.45. The van der Waals surface area contributed by atoms with Crippen LogP contribution in [0.15, 0.2) is 18.2 Å². The van der Waals surface area contributed by atoms with E-state index in [1.165, 1.54) is 12.8 Å². The highest BCUT2D eigenvalue weighted by Gasteiger charge is 2.44. The summed E-state index contributed by atoms with van der Waals surface area (Å²) in [6, 6.07) is 5.01. The number of piperazine rings is 1. The molecule has 3 fully saturated rings. The molecule has 8 heteroatoms. The molecule has 2 unspecified atom stereocenters. The van der Waals surface area contributed by atoms with Crippen LogP contribution in [-0.2, 0) is 16.1 Å². The van der Waals surface area contributed by atoms with Crippen LogP contribution in [0, 0.1) is 5.92 Å². The molecule has 5 rings (SSSR count). The highest BCUT2D eigenvalue weighted by Crippen LogP contribution is 2.36. The summed E-state index contributed by atoms with van der Waals surface area (Å²) >= 11 is 0. The SMILES string of the molecule is O=C1CCC(N2C(=O)c3ccc(CN4CCNCC4C4CC4)cc3C2=O)C(=O)N1. The Morgan fingerprint density at radius 3 is 2.55 bits per heavy atom. The topological polar surface area (TPSA) is 98.8 Å². The summed E-state index contributed by atoms with van der Waals surface area (Å²) in [5, 5.41) is 5.69. The number of nitrogens with one attached hydrogen (secondary N) is 2. The molecule has 3 aliphatic heterocycles. The minimum absolute atomic E-state index is 0.126. The molecule has 1 saturated carbocycles.